The lowest BCUT2D eigenvalue weighted by Crippen LogP contribution is -2.39. The Hall–Kier alpha value is -2.54. The summed E-state index contributed by atoms with van der Waals surface area (Å²) in [6.45, 7) is 2.12. The Morgan fingerprint density at radius 1 is 1.32 bits per heavy atom. The number of ether oxygens (including phenoxy) is 2. The molecule has 1 amide bonds. The normalized spacial score (nSPS) is 17.8. The van der Waals surface area contributed by atoms with Crippen molar-refractivity contribution in [1.29, 1.82) is 0 Å². The summed E-state index contributed by atoms with van der Waals surface area (Å²) in [5.41, 5.74) is 0.882. The van der Waals surface area contributed by atoms with Crippen LogP contribution in [-0.2, 0) is 16.0 Å². The summed E-state index contributed by atoms with van der Waals surface area (Å²) in [6.07, 6.45) is 5.73. The van der Waals surface area contributed by atoms with E-state index in [1.165, 1.54) is 24.3 Å². The Morgan fingerprint density at radius 2 is 2.16 bits per heavy atom. The van der Waals surface area contributed by atoms with Gasteiger partial charge in [-0.3, -0.25) is 14.8 Å². The maximum absolute atomic E-state index is 12.9. The van der Waals surface area contributed by atoms with E-state index in [1.54, 1.807) is 23.5 Å². The number of hydrogen-bond acceptors (Lipinski definition) is 5. The molecule has 25 heavy (non-hydrogen) atoms. The summed E-state index contributed by atoms with van der Waals surface area (Å²) in [6, 6.07) is 5.61. The van der Waals surface area contributed by atoms with Crippen LogP contribution < -0.4 is 4.74 Å². The third-order valence-electron chi connectivity index (χ3n) is 3.98. The molecule has 0 aliphatic carbocycles. The Morgan fingerprint density at radius 3 is 2.92 bits per heavy atom. The first-order chi connectivity index (χ1) is 12.2. The van der Waals surface area contributed by atoms with Crippen molar-refractivity contribution in [1.82, 2.24) is 14.9 Å². The highest BCUT2D eigenvalue weighted by Gasteiger charge is 2.23. The number of rotatable bonds is 5. The highest BCUT2D eigenvalue weighted by molar-refractivity contribution is 5.77. The molecule has 1 unspecified atom stereocenters. The molecule has 0 radical (unpaired) electrons. The van der Waals surface area contributed by atoms with Crippen molar-refractivity contribution < 1.29 is 18.7 Å². The zero-order chi connectivity index (χ0) is 17.5. The fourth-order valence-corrected chi connectivity index (χ4v) is 2.73. The van der Waals surface area contributed by atoms with E-state index in [-0.39, 0.29) is 24.2 Å². The van der Waals surface area contributed by atoms with Crippen LogP contribution in [0.3, 0.4) is 0 Å². The van der Waals surface area contributed by atoms with Gasteiger partial charge in [0, 0.05) is 37.6 Å². The number of nitrogens with zero attached hydrogens (tertiary/aromatic N) is 3. The predicted octanol–water partition coefficient (Wildman–Crippen LogP) is 1.71. The van der Waals surface area contributed by atoms with Gasteiger partial charge in [0.2, 0.25) is 0 Å². The van der Waals surface area contributed by atoms with Gasteiger partial charge in [0.15, 0.2) is 6.61 Å². The number of aromatic nitrogens is 2. The number of benzene rings is 1. The van der Waals surface area contributed by atoms with Gasteiger partial charge in [-0.1, -0.05) is 0 Å². The molecule has 0 spiro atoms. The Labute approximate surface area is 145 Å². The van der Waals surface area contributed by atoms with Crippen LogP contribution in [0.25, 0.3) is 0 Å². The minimum atomic E-state index is -0.338. The molecule has 1 aliphatic rings. The number of carbonyl (C=O) groups is 1. The number of halogens is 1. The molecule has 1 saturated heterocycles. The Bertz CT molecular complexity index is 682. The zero-order valence-electron chi connectivity index (χ0n) is 13.8. The van der Waals surface area contributed by atoms with Crippen LogP contribution in [0.1, 0.15) is 5.69 Å². The van der Waals surface area contributed by atoms with E-state index in [0.717, 1.165) is 5.69 Å². The molecule has 7 heteroatoms. The first-order valence-corrected chi connectivity index (χ1v) is 8.19. The first kappa shape index (κ1) is 17.3. The Balaban J connectivity index is 1.54. The number of carbonyl (C=O) groups excluding carboxylic acids is 1. The van der Waals surface area contributed by atoms with Gasteiger partial charge in [0.25, 0.3) is 5.91 Å². The van der Waals surface area contributed by atoms with Crippen molar-refractivity contribution in [2.75, 3.05) is 32.9 Å². The van der Waals surface area contributed by atoms with Crippen molar-refractivity contribution in [3.8, 4) is 5.75 Å². The van der Waals surface area contributed by atoms with E-state index < -0.39 is 0 Å². The van der Waals surface area contributed by atoms with E-state index in [1.807, 2.05) is 0 Å². The van der Waals surface area contributed by atoms with Crippen LogP contribution in [0, 0.1) is 11.7 Å². The van der Waals surface area contributed by atoms with E-state index in [0.29, 0.717) is 38.5 Å². The quantitative estimate of drug-likeness (QED) is 0.825. The molecule has 1 aliphatic heterocycles. The lowest BCUT2D eigenvalue weighted by molar-refractivity contribution is -0.133. The predicted molar refractivity (Wildman–Crippen MR) is 88.5 cm³/mol. The standard InChI is InChI=1S/C18H20FN3O3/c19-15-1-3-17(4-2-15)25-13-18(23)22-7-8-24-12-14(11-22)9-16-10-20-5-6-21-16/h1-6,10,14H,7-9,11-13H2. The molecule has 2 aromatic rings. The Kier molecular flexibility index (Phi) is 5.90. The van der Waals surface area contributed by atoms with E-state index in [4.69, 9.17) is 9.47 Å². The molecule has 0 N–H and O–H groups in total. The minimum Gasteiger partial charge on any atom is -0.484 e. The number of amides is 1. The molecule has 3 rings (SSSR count). The lowest BCUT2D eigenvalue weighted by atomic mass is 10.0. The SMILES string of the molecule is O=C(COc1ccc(F)cc1)N1CCOCC(Cc2cnccn2)C1. The topological polar surface area (TPSA) is 64.5 Å². The highest BCUT2D eigenvalue weighted by Crippen LogP contribution is 2.14. The number of hydrogen-bond donors (Lipinski definition) is 0. The van der Waals surface area contributed by atoms with Gasteiger partial charge < -0.3 is 14.4 Å². The van der Waals surface area contributed by atoms with Crippen molar-refractivity contribution in [3.05, 3.63) is 54.4 Å². The van der Waals surface area contributed by atoms with E-state index in [9.17, 15) is 9.18 Å². The third kappa shape index (κ3) is 5.22. The summed E-state index contributed by atoms with van der Waals surface area (Å²) >= 11 is 0. The molecule has 132 valence electrons. The highest BCUT2D eigenvalue weighted by atomic mass is 19.1. The largest absolute Gasteiger partial charge is 0.484 e. The summed E-state index contributed by atoms with van der Waals surface area (Å²) in [4.78, 5) is 22.5. The fraction of sp³-hybridized carbons (Fsp3) is 0.389. The van der Waals surface area contributed by atoms with Crippen molar-refractivity contribution >= 4 is 5.91 Å². The molecule has 2 heterocycles. The van der Waals surface area contributed by atoms with Gasteiger partial charge in [0.1, 0.15) is 11.6 Å². The fourth-order valence-electron chi connectivity index (χ4n) is 2.73. The van der Waals surface area contributed by atoms with Crippen LogP contribution in [0.5, 0.6) is 5.75 Å². The third-order valence-corrected chi connectivity index (χ3v) is 3.98. The van der Waals surface area contributed by atoms with Gasteiger partial charge in [0.05, 0.1) is 18.9 Å². The van der Waals surface area contributed by atoms with Gasteiger partial charge in [-0.2, -0.15) is 0 Å². The second-order valence-corrected chi connectivity index (χ2v) is 5.92. The summed E-state index contributed by atoms with van der Waals surface area (Å²) in [5, 5.41) is 0. The molecule has 1 aromatic heterocycles. The summed E-state index contributed by atoms with van der Waals surface area (Å²) in [5.74, 6) is 0.181. The van der Waals surface area contributed by atoms with E-state index in [2.05, 4.69) is 9.97 Å². The molecule has 1 atom stereocenters. The van der Waals surface area contributed by atoms with Gasteiger partial charge in [-0.05, 0) is 30.7 Å². The van der Waals surface area contributed by atoms with Gasteiger partial charge in [-0.15, -0.1) is 0 Å². The van der Waals surface area contributed by atoms with Crippen molar-refractivity contribution in [2.24, 2.45) is 5.92 Å². The molecule has 6 nitrogen and oxygen atoms in total. The molecule has 0 bridgehead atoms. The van der Waals surface area contributed by atoms with Crippen LogP contribution in [0.4, 0.5) is 4.39 Å². The summed E-state index contributed by atoms with van der Waals surface area (Å²) < 4.78 is 23.9. The zero-order valence-corrected chi connectivity index (χ0v) is 13.8. The molecule has 1 aromatic carbocycles. The molecule has 1 fully saturated rings. The second-order valence-electron chi connectivity index (χ2n) is 5.92. The second kappa shape index (κ2) is 8.53. The lowest BCUT2D eigenvalue weighted by Gasteiger charge is -2.23. The molecular formula is C18H20FN3O3. The maximum Gasteiger partial charge on any atom is 0.260 e. The van der Waals surface area contributed by atoms with Crippen molar-refractivity contribution in [2.45, 2.75) is 6.42 Å². The van der Waals surface area contributed by atoms with Crippen molar-refractivity contribution in [3.63, 3.8) is 0 Å². The smallest absolute Gasteiger partial charge is 0.260 e. The van der Waals surface area contributed by atoms with Crippen LogP contribution in [0.2, 0.25) is 0 Å². The molecular weight excluding hydrogens is 325 g/mol. The van der Waals surface area contributed by atoms with E-state index >= 15 is 0 Å². The maximum atomic E-state index is 12.9. The van der Waals surface area contributed by atoms with Crippen LogP contribution >= 0.6 is 0 Å². The first-order valence-electron chi connectivity index (χ1n) is 8.19. The summed E-state index contributed by atoms with van der Waals surface area (Å²) in [7, 11) is 0. The minimum absolute atomic E-state index is 0.0799. The average molecular weight is 345 g/mol. The molecule has 0 saturated carbocycles. The van der Waals surface area contributed by atoms with Crippen LogP contribution in [-0.4, -0.2) is 53.7 Å². The monoisotopic (exact) mass is 345 g/mol. The van der Waals surface area contributed by atoms with Gasteiger partial charge in [-0.25, -0.2) is 4.39 Å². The van der Waals surface area contributed by atoms with Gasteiger partial charge >= 0.3 is 0 Å². The average Bonchev–Trinajstić information content (AvgIpc) is 2.87. The van der Waals surface area contributed by atoms with Crippen LogP contribution in [0.15, 0.2) is 42.9 Å².